The SMILES string of the molecule is Cc1[nH]c2ccc(F)cc2c1CC(=O)N1[C@H]2CCNC[C@@H]1CC2.Cl. The Morgan fingerprint density at radius 2 is 2.08 bits per heavy atom. The molecule has 0 unspecified atom stereocenters. The van der Waals surface area contributed by atoms with Crippen LogP contribution in [0.25, 0.3) is 10.9 Å². The summed E-state index contributed by atoms with van der Waals surface area (Å²) in [6, 6.07) is 5.40. The van der Waals surface area contributed by atoms with Gasteiger partial charge >= 0.3 is 0 Å². The first-order valence-electron chi connectivity index (χ1n) is 8.42. The van der Waals surface area contributed by atoms with Crippen LogP contribution in [0.15, 0.2) is 18.2 Å². The molecule has 2 aromatic rings. The number of nitrogens with one attached hydrogen (secondary N) is 2. The molecule has 3 heterocycles. The van der Waals surface area contributed by atoms with Crippen LogP contribution in [-0.2, 0) is 11.2 Å². The summed E-state index contributed by atoms with van der Waals surface area (Å²) in [6.07, 6.45) is 3.58. The summed E-state index contributed by atoms with van der Waals surface area (Å²) >= 11 is 0. The van der Waals surface area contributed by atoms with Crippen molar-refractivity contribution in [2.45, 2.75) is 44.7 Å². The van der Waals surface area contributed by atoms with E-state index in [4.69, 9.17) is 0 Å². The average molecular weight is 352 g/mol. The van der Waals surface area contributed by atoms with Crippen molar-refractivity contribution in [1.29, 1.82) is 0 Å². The Morgan fingerprint density at radius 1 is 1.29 bits per heavy atom. The molecule has 4 rings (SSSR count). The van der Waals surface area contributed by atoms with E-state index in [0.717, 1.165) is 54.5 Å². The number of hydrogen-bond acceptors (Lipinski definition) is 2. The second kappa shape index (κ2) is 6.73. The van der Waals surface area contributed by atoms with Crippen molar-refractivity contribution in [1.82, 2.24) is 15.2 Å². The number of aromatic amines is 1. The molecule has 2 saturated heterocycles. The van der Waals surface area contributed by atoms with Gasteiger partial charge in [-0.2, -0.15) is 0 Å². The van der Waals surface area contributed by atoms with Crippen molar-refractivity contribution in [3.63, 3.8) is 0 Å². The first kappa shape index (κ1) is 17.2. The molecule has 130 valence electrons. The maximum absolute atomic E-state index is 13.6. The minimum Gasteiger partial charge on any atom is -0.358 e. The van der Waals surface area contributed by atoms with E-state index in [1.54, 1.807) is 6.07 Å². The lowest BCUT2D eigenvalue weighted by Gasteiger charge is -2.28. The van der Waals surface area contributed by atoms with Crippen LogP contribution in [0.2, 0.25) is 0 Å². The van der Waals surface area contributed by atoms with E-state index in [2.05, 4.69) is 15.2 Å². The number of H-pyrrole nitrogens is 1. The van der Waals surface area contributed by atoms with Crippen molar-refractivity contribution >= 4 is 29.2 Å². The Kier molecular flexibility index (Phi) is 4.83. The number of hydrogen-bond donors (Lipinski definition) is 2. The maximum Gasteiger partial charge on any atom is 0.227 e. The summed E-state index contributed by atoms with van der Waals surface area (Å²) in [5, 5.41) is 4.25. The van der Waals surface area contributed by atoms with Crippen molar-refractivity contribution in [3.05, 3.63) is 35.3 Å². The molecule has 2 atom stereocenters. The highest BCUT2D eigenvalue weighted by Gasteiger charge is 2.38. The van der Waals surface area contributed by atoms with Crippen LogP contribution in [0.4, 0.5) is 4.39 Å². The van der Waals surface area contributed by atoms with Crippen LogP contribution in [0.3, 0.4) is 0 Å². The van der Waals surface area contributed by atoms with E-state index in [9.17, 15) is 9.18 Å². The zero-order chi connectivity index (χ0) is 16.0. The predicted molar refractivity (Wildman–Crippen MR) is 95.1 cm³/mol. The number of nitrogens with zero attached hydrogens (tertiary/aromatic N) is 1. The third-order valence-electron chi connectivity index (χ3n) is 5.35. The molecule has 0 aliphatic carbocycles. The predicted octanol–water partition coefficient (Wildman–Crippen LogP) is 2.93. The lowest BCUT2D eigenvalue weighted by molar-refractivity contribution is -0.133. The number of aryl methyl sites for hydroxylation is 1. The highest BCUT2D eigenvalue weighted by Crippen LogP contribution is 2.30. The van der Waals surface area contributed by atoms with Crippen molar-refractivity contribution < 1.29 is 9.18 Å². The van der Waals surface area contributed by atoms with E-state index >= 15 is 0 Å². The van der Waals surface area contributed by atoms with Crippen LogP contribution in [0.1, 0.15) is 30.5 Å². The standard InChI is InChI=1S/C18H22FN3O.ClH/c1-11-15(16-8-12(19)2-5-17(16)21-11)9-18(23)22-13-3-4-14(22)10-20-7-6-13;/h2,5,8,13-14,20-21H,3-4,6-7,9-10H2,1H3;1H/t13-,14+;/m1./s1. The van der Waals surface area contributed by atoms with Gasteiger partial charge in [-0.15, -0.1) is 12.4 Å². The summed E-state index contributed by atoms with van der Waals surface area (Å²) in [4.78, 5) is 18.3. The van der Waals surface area contributed by atoms with Gasteiger partial charge in [0, 0.05) is 35.2 Å². The van der Waals surface area contributed by atoms with E-state index in [-0.39, 0.29) is 24.1 Å². The number of fused-ring (bicyclic) bond motifs is 3. The van der Waals surface area contributed by atoms with Gasteiger partial charge in [-0.25, -0.2) is 4.39 Å². The molecule has 2 bridgehead atoms. The van der Waals surface area contributed by atoms with Crippen LogP contribution in [0, 0.1) is 12.7 Å². The highest BCUT2D eigenvalue weighted by molar-refractivity contribution is 5.90. The second-order valence-electron chi connectivity index (χ2n) is 6.77. The summed E-state index contributed by atoms with van der Waals surface area (Å²) in [7, 11) is 0. The molecule has 0 saturated carbocycles. The first-order chi connectivity index (χ1) is 11.1. The quantitative estimate of drug-likeness (QED) is 0.874. The van der Waals surface area contributed by atoms with Gasteiger partial charge in [-0.05, 0) is 56.5 Å². The molecular weight excluding hydrogens is 329 g/mol. The van der Waals surface area contributed by atoms with Gasteiger partial charge in [-0.3, -0.25) is 4.79 Å². The van der Waals surface area contributed by atoms with Crippen LogP contribution >= 0.6 is 12.4 Å². The van der Waals surface area contributed by atoms with Crippen LogP contribution in [-0.4, -0.2) is 41.0 Å². The molecule has 0 spiro atoms. The molecule has 2 N–H and O–H groups in total. The summed E-state index contributed by atoms with van der Waals surface area (Å²) < 4.78 is 13.6. The number of aromatic nitrogens is 1. The zero-order valence-corrected chi connectivity index (χ0v) is 14.6. The summed E-state index contributed by atoms with van der Waals surface area (Å²) in [6.45, 7) is 3.84. The van der Waals surface area contributed by atoms with Gasteiger partial charge in [0.05, 0.1) is 6.42 Å². The van der Waals surface area contributed by atoms with Crippen LogP contribution < -0.4 is 5.32 Å². The van der Waals surface area contributed by atoms with Gasteiger partial charge in [0.25, 0.3) is 0 Å². The fourth-order valence-corrected chi connectivity index (χ4v) is 4.21. The first-order valence-corrected chi connectivity index (χ1v) is 8.42. The Hall–Kier alpha value is -1.59. The number of carbonyl (C=O) groups is 1. The lowest BCUT2D eigenvalue weighted by Crippen LogP contribution is -2.43. The molecule has 1 aromatic heterocycles. The van der Waals surface area contributed by atoms with Crippen molar-refractivity contribution in [2.24, 2.45) is 0 Å². The molecular formula is C18H23ClFN3O. The number of benzene rings is 1. The van der Waals surface area contributed by atoms with E-state index < -0.39 is 0 Å². The minimum absolute atomic E-state index is 0. The molecule has 4 nitrogen and oxygen atoms in total. The molecule has 24 heavy (non-hydrogen) atoms. The third-order valence-corrected chi connectivity index (χ3v) is 5.35. The fraction of sp³-hybridized carbons (Fsp3) is 0.500. The number of carbonyl (C=O) groups excluding carboxylic acids is 1. The number of halogens is 2. The Balaban J connectivity index is 0.00000169. The molecule has 0 radical (unpaired) electrons. The van der Waals surface area contributed by atoms with Crippen molar-refractivity contribution in [3.8, 4) is 0 Å². The topological polar surface area (TPSA) is 48.1 Å². The number of amides is 1. The van der Waals surface area contributed by atoms with E-state index in [1.165, 1.54) is 12.1 Å². The van der Waals surface area contributed by atoms with Crippen molar-refractivity contribution in [2.75, 3.05) is 13.1 Å². The normalized spacial score (nSPS) is 23.2. The van der Waals surface area contributed by atoms with Gasteiger partial charge in [0.15, 0.2) is 0 Å². The number of rotatable bonds is 2. The molecule has 1 amide bonds. The monoisotopic (exact) mass is 351 g/mol. The van der Waals surface area contributed by atoms with Crippen LogP contribution in [0.5, 0.6) is 0 Å². The smallest absolute Gasteiger partial charge is 0.227 e. The molecule has 6 heteroatoms. The largest absolute Gasteiger partial charge is 0.358 e. The fourth-order valence-electron chi connectivity index (χ4n) is 4.21. The minimum atomic E-state index is -0.260. The molecule has 2 fully saturated rings. The van der Waals surface area contributed by atoms with Gasteiger partial charge in [0.1, 0.15) is 5.82 Å². The second-order valence-corrected chi connectivity index (χ2v) is 6.77. The van der Waals surface area contributed by atoms with E-state index in [0.29, 0.717) is 18.5 Å². The highest BCUT2D eigenvalue weighted by atomic mass is 35.5. The van der Waals surface area contributed by atoms with Gasteiger partial charge < -0.3 is 15.2 Å². The Morgan fingerprint density at radius 3 is 2.92 bits per heavy atom. The maximum atomic E-state index is 13.6. The van der Waals surface area contributed by atoms with E-state index in [1.807, 2.05) is 6.92 Å². The summed E-state index contributed by atoms with van der Waals surface area (Å²) in [5.41, 5.74) is 2.78. The Labute approximate surface area is 147 Å². The van der Waals surface area contributed by atoms with Gasteiger partial charge in [0.2, 0.25) is 5.91 Å². The zero-order valence-electron chi connectivity index (χ0n) is 13.8. The summed E-state index contributed by atoms with van der Waals surface area (Å²) in [5.74, 6) is -0.0845. The lowest BCUT2D eigenvalue weighted by atomic mass is 10.1. The molecule has 2 aliphatic heterocycles. The average Bonchev–Trinajstić information content (AvgIpc) is 2.95. The Bertz CT molecular complexity index is 746. The molecule has 2 aliphatic rings. The molecule has 1 aromatic carbocycles. The third kappa shape index (κ3) is 2.91. The van der Waals surface area contributed by atoms with Gasteiger partial charge in [-0.1, -0.05) is 0 Å².